The van der Waals surface area contributed by atoms with Gasteiger partial charge in [0.15, 0.2) is 17.7 Å². The van der Waals surface area contributed by atoms with Gasteiger partial charge < -0.3 is 34.4 Å². The van der Waals surface area contributed by atoms with Gasteiger partial charge in [0.1, 0.15) is 12.4 Å². The van der Waals surface area contributed by atoms with Gasteiger partial charge in [-0.3, -0.25) is 5.43 Å². The van der Waals surface area contributed by atoms with Crippen molar-refractivity contribution in [2.24, 2.45) is 5.10 Å². The number of methoxy groups -OCH3 is 1. The van der Waals surface area contributed by atoms with Crippen molar-refractivity contribution in [2.75, 3.05) is 20.3 Å². The van der Waals surface area contributed by atoms with E-state index in [1.165, 1.54) is 19.6 Å². The molecule has 4 N–H and O–H groups in total. The maximum atomic E-state index is 12.3. The monoisotopic (exact) mass is 458 g/mol. The third-order valence-electron chi connectivity index (χ3n) is 4.63. The number of nitrogens with one attached hydrogen (secondary N) is 3. The van der Waals surface area contributed by atoms with Crippen LogP contribution in [0.4, 0.5) is 4.79 Å². The average Bonchev–Trinajstić information content (AvgIpc) is 3.31. The van der Waals surface area contributed by atoms with E-state index in [4.69, 9.17) is 18.6 Å². The first kappa shape index (κ1) is 23.7. The van der Waals surface area contributed by atoms with Crippen LogP contribution >= 0.6 is 0 Å². The standard InChI is InChI=1S/C22H26N4O7/c1-4-31-17-10-14(20-19(21(28)30-3)13(2)24-22(29)25-20)7-8-16(17)33-12-18(27)26-23-11-15-6-5-9-32-15/h5-11,18,20,26-27H,4,12H2,1-3H3,(H2,24,25,29)/b23-11-/t18-,20-/m1/s1. The number of carbonyl (C=O) groups is 2. The third kappa shape index (κ3) is 6.04. The summed E-state index contributed by atoms with van der Waals surface area (Å²) < 4.78 is 21.3. The molecule has 2 heterocycles. The molecule has 0 unspecified atom stereocenters. The molecule has 0 spiro atoms. The summed E-state index contributed by atoms with van der Waals surface area (Å²) in [7, 11) is 1.27. The quantitative estimate of drug-likeness (QED) is 0.183. The van der Waals surface area contributed by atoms with E-state index in [2.05, 4.69) is 21.2 Å². The van der Waals surface area contributed by atoms with Gasteiger partial charge in [0.25, 0.3) is 0 Å². The lowest BCUT2D eigenvalue weighted by atomic mass is 9.95. The molecule has 0 saturated carbocycles. The Morgan fingerprint density at radius 2 is 2.15 bits per heavy atom. The zero-order chi connectivity index (χ0) is 23.8. The number of hydrogen-bond donors (Lipinski definition) is 4. The van der Waals surface area contributed by atoms with E-state index < -0.39 is 24.3 Å². The summed E-state index contributed by atoms with van der Waals surface area (Å²) in [5.74, 6) is 0.728. The van der Waals surface area contributed by atoms with E-state index in [1.807, 2.05) is 6.92 Å². The van der Waals surface area contributed by atoms with Crippen LogP contribution < -0.4 is 25.5 Å². The molecule has 1 aliphatic heterocycles. The van der Waals surface area contributed by atoms with E-state index in [0.29, 0.717) is 35.1 Å². The second kappa shape index (κ2) is 11.0. The fraction of sp³-hybridized carbons (Fsp3) is 0.318. The Bertz CT molecular complexity index is 1030. The predicted molar refractivity (Wildman–Crippen MR) is 118 cm³/mol. The number of allylic oxidation sites excluding steroid dienone is 1. The zero-order valence-corrected chi connectivity index (χ0v) is 18.5. The van der Waals surface area contributed by atoms with Gasteiger partial charge in [-0.05, 0) is 43.7 Å². The van der Waals surface area contributed by atoms with Gasteiger partial charge in [0.05, 0.1) is 37.8 Å². The molecule has 2 amide bonds. The minimum absolute atomic E-state index is 0.120. The van der Waals surface area contributed by atoms with Crippen LogP contribution in [0.2, 0.25) is 0 Å². The highest BCUT2D eigenvalue weighted by atomic mass is 16.5. The Kier molecular flexibility index (Phi) is 7.92. The van der Waals surface area contributed by atoms with Crippen molar-refractivity contribution in [2.45, 2.75) is 26.1 Å². The normalized spacial score (nSPS) is 16.7. The summed E-state index contributed by atoms with van der Waals surface area (Å²) in [5, 5.41) is 19.2. The molecule has 11 heteroatoms. The van der Waals surface area contributed by atoms with Gasteiger partial charge in [-0.15, -0.1) is 0 Å². The Balaban J connectivity index is 1.73. The highest BCUT2D eigenvalue weighted by Gasteiger charge is 2.32. The number of ether oxygens (including phenoxy) is 3. The highest BCUT2D eigenvalue weighted by molar-refractivity contribution is 5.95. The number of amides is 2. The highest BCUT2D eigenvalue weighted by Crippen LogP contribution is 2.34. The van der Waals surface area contributed by atoms with Crippen molar-refractivity contribution >= 4 is 18.2 Å². The van der Waals surface area contributed by atoms with E-state index >= 15 is 0 Å². The molecule has 0 fully saturated rings. The molecule has 176 valence electrons. The number of esters is 1. The number of aliphatic hydroxyl groups is 1. The van der Waals surface area contributed by atoms with Crippen LogP contribution in [0.1, 0.15) is 31.2 Å². The number of hydrogen-bond acceptors (Lipinski definition) is 9. The SMILES string of the molecule is CCOc1cc([C@H]2NC(=O)NC(C)=C2C(=O)OC)ccc1OC[C@@H](O)N/N=C\c1ccco1. The first-order valence-electron chi connectivity index (χ1n) is 10.2. The number of carbonyl (C=O) groups excluding carboxylic acids is 2. The second-order valence-corrected chi connectivity index (χ2v) is 6.93. The fourth-order valence-corrected chi connectivity index (χ4v) is 3.17. The Morgan fingerprint density at radius 1 is 1.33 bits per heavy atom. The van der Waals surface area contributed by atoms with Crippen LogP contribution in [0, 0.1) is 0 Å². The minimum atomic E-state index is -1.09. The van der Waals surface area contributed by atoms with Gasteiger partial charge in [0, 0.05) is 5.70 Å². The number of urea groups is 1. The van der Waals surface area contributed by atoms with Gasteiger partial charge in [-0.25, -0.2) is 9.59 Å². The van der Waals surface area contributed by atoms with Gasteiger partial charge in [0.2, 0.25) is 0 Å². The Morgan fingerprint density at radius 3 is 2.85 bits per heavy atom. The summed E-state index contributed by atoms with van der Waals surface area (Å²) in [6.07, 6.45) is 1.84. The molecular weight excluding hydrogens is 432 g/mol. The van der Waals surface area contributed by atoms with Crippen molar-refractivity contribution in [3.63, 3.8) is 0 Å². The number of furan rings is 1. The largest absolute Gasteiger partial charge is 0.490 e. The molecule has 2 aromatic rings. The maximum Gasteiger partial charge on any atom is 0.337 e. The molecule has 2 atom stereocenters. The van der Waals surface area contributed by atoms with Gasteiger partial charge >= 0.3 is 12.0 Å². The number of hydrazone groups is 1. The van der Waals surface area contributed by atoms with Crippen molar-refractivity contribution < 1.29 is 33.3 Å². The molecule has 0 saturated heterocycles. The van der Waals surface area contributed by atoms with E-state index in [9.17, 15) is 14.7 Å². The lowest BCUT2D eigenvalue weighted by Crippen LogP contribution is -2.45. The molecule has 1 aromatic heterocycles. The molecule has 0 bridgehead atoms. The summed E-state index contributed by atoms with van der Waals surface area (Å²) in [6, 6.07) is 7.27. The van der Waals surface area contributed by atoms with Gasteiger partial charge in [-0.1, -0.05) is 6.07 Å². The molecule has 0 radical (unpaired) electrons. The molecule has 0 aliphatic carbocycles. The third-order valence-corrected chi connectivity index (χ3v) is 4.63. The average molecular weight is 458 g/mol. The molecule has 1 aliphatic rings. The molecular formula is C22H26N4O7. The Hall–Kier alpha value is -3.99. The molecule has 1 aromatic carbocycles. The van der Waals surface area contributed by atoms with Crippen molar-refractivity contribution in [1.82, 2.24) is 16.1 Å². The minimum Gasteiger partial charge on any atom is -0.490 e. The van der Waals surface area contributed by atoms with Crippen molar-refractivity contribution in [3.8, 4) is 11.5 Å². The van der Waals surface area contributed by atoms with Crippen LogP contribution in [0.25, 0.3) is 0 Å². The van der Waals surface area contributed by atoms with Crippen molar-refractivity contribution in [3.05, 3.63) is 59.2 Å². The summed E-state index contributed by atoms with van der Waals surface area (Å²) in [4.78, 5) is 24.3. The van der Waals surface area contributed by atoms with E-state index in [1.54, 1.807) is 37.3 Å². The number of aliphatic hydroxyl groups excluding tert-OH is 1. The zero-order valence-electron chi connectivity index (χ0n) is 18.5. The van der Waals surface area contributed by atoms with Crippen LogP contribution in [-0.4, -0.2) is 49.9 Å². The lowest BCUT2D eigenvalue weighted by Gasteiger charge is -2.28. The van der Waals surface area contributed by atoms with Crippen molar-refractivity contribution in [1.29, 1.82) is 0 Å². The number of benzene rings is 1. The van der Waals surface area contributed by atoms with Crippen LogP contribution in [0.5, 0.6) is 11.5 Å². The topological polar surface area (TPSA) is 144 Å². The second-order valence-electron chi connectivity index (χ2n) is 6.93. The molecule has 11 nitrogen and oxygen atoms in total. The van der Waals surface area contributed by atoms with E-state index in [-0.39, 0.29) is 12.2 Å². The number of nitrogens with zero attached hydrogens (tertiary/aromatic N) is 1. The summed E-state index contributed by atoms with van der Waals surface area (Å²) >= 11 is 0. The van der Waals surface area contributed by atoms with Crippen LogP contribution in [-0.2, 0) is 9.53 Å². The smallest absolute Gasteiger partial charge is 0.337 e. The van der Waals surface area contributed by atoms with Gasteiger partial charge in [-0.2, -0.15) is 5.10 Å². The molecule has 33 heavy (non-hydrogen) atoms. The van der Waals surface area contributed by atoms with Crippen LogP contribution in [0.3, 0.4) is 0 Å². The lowest BCUT2D eigenvalue weighted by molar-refractivity contribution is -0.136. The first-order chi connectivity index (χ1) is 15.9. The fourth-order valence-electron chi connectivity index (χ4n) is 3.17. The first-order valence-corrected chi connectivity index (χ1v) is 10.2. The summed E-state index contributed by atoms with van der Waals surface area (Å²) in [5.41, 5.74) is 3.81. The van der Waals surface area contributed by atoms with Crippen LogP contribution in [0.15, 0.2) is 57.4 Å². The van der Waals surface area contributed by atoms with E-state index in [0.717, 1.165) is 0 Å². The Labute approximate surface area is 190 Å². The molecule has 3 rings (SSSR count). The maximum absolute atomic E-state index is 12.3. The predicted octanol–water partition coefficient (Wildman–Crippen LogP) is 1.80. The number of rotatable bonds is 10. The summed E-state index contributed by atoms with van der Waals surface area (Å²) in [6.45, 7) is 3.67.